The van der Waals surface area contributed by atoms with E-state index in [1.807, 2.05) is 0 Å². The number of nitrogens with one attached hydrogen (secondary N) is 1. The highest BCUT2D eigenvalue weighted by Gasteiger charge is 2.36. The molecule has 2 aliphatic rings. The molecule has 2 atom stereocenters. The number of carbonyl (C=O) groups excluding carboxylic acids is 1. The summed E-state index contributed by atoms with van der Waals surface area (Å²) in [6.07, 6.45) is 8.55. The van der Waals surface area contributed by atoms with E-state index in [9.17, 15) is 13.2 Å². The number of nitrogens with zero attached hydrogens (tertiary/aromatic N) is 1. The van der Waals surface area contributed by atoms with E-state index < -0.39 is 9.84 Å². The maximum Gasteiger partial charge on any atom is 0.222 e. The van der Waals surface area contributed by atoms with Gasteiger partial charge in [0.25, 0.3) is 0 Å². The first-order chi connectivity index (χ1) is 10.4. The van der Waals surface area contributed by atoms with Crippen molar-refractivity contribution in [2.45, 2.75) is 62.7 Å². The summed E-state index contributed by atoms with van der Waals surface area (Å²) in [7, 11) is -1.30. The maximum atomic E-state index is 12.5. The molecule has 2 unspecified atom stereocenters. The lowest BCUT2D eigenvalue weighted by Crippen LogP contribution is -2.49. The van der Waals surface area contributed by atoms with Gasteiger partial charge in [-0.1, -0.05) is 12.8 Å². The van der Waals surface area contributed by atoms with Crippen molar-refractivity contribution in [3.63, 3.8) is 0 Å². The van der Waals surface area contributed by atoms with Gasteiger partial charge < -0.3 is 10.2 Å². The Morgan fingerprint density at radius 1 is 1.14 bits per heavy atom. The molecule has 1 N–H and O–H groups in total. The van der Waals surface area contributed by atoms with Crippen LogP contribution in [0.3, 0.4) is 0 Å². The van der Waals surface area contributed by atoms with Crippen molar-refractivity contribution in [3.8, 4) is 0 Å². The highest BCUT2D eigenvalue weighted by Crippen LogP contribution is 2.28. The third kappa shape index (κ3) is 4.69. The SMILES string of the molecule is CN(C(=O)CCC1CCNCC1)C1CCCCC1S(C)(=O)=O. The van der Waals surface area contributed by atoms with Crippen LogP contribution in [0.25, 0.3) is 0 Å². The number of hydrogen-bond acceptors (Lipinski definition) is 4. The van der Waals surface area contributed by atoms with Crippen molar-refractivity contribution in [2.24, 2.45) is 5.92 Å². The van der Waals surface area contributed by atoms with Gasteiger partial charge in [0.1, 0.15) is 0 Å². The van der Waals surface area contributed by atoms with E-state index in [1.54, 1.807) is 11.9 Å². The Bertz CT molecular complexity index is 472. The van der Waals surface area contributed by atoms with E-state index in [-0.39, 0.29) is 17.2 Å². The predicted octanol–water partition coefficient (Wildman–Crippen LogP) is 1.58. The van der Waals surface area contributed by atoms with E-state index in [0.29, 0.717) is 18.8 Å². The molecule has 1 saturated heterocycles. The van der Waals surface area contributed by atoms with Crippen molar-refractivity contribution in [1.82, 2.24) is 10.2 Å². The van der Waals surface area contributed by atoms with Crippen LogP contribution in [0, 0.1) is 5.92 Å². The molecular formula is C16H30N2O3S. The number of amides is 1. The van der Waals surface area contributed by atoms with E-state index in [0.717, 1.165) is 51.6 Å². The number of carbonyl (C=O) groups is 1. The molecule has 0 radical (unpaired) electrons. The van der Waals surface area contributed by atoms with Crippen LogP contribution >= 0.6 is 0 Å². The molecule has 0 aromatic carbocycles. The quantitative estimate of drug-likeness (QED) is 0.831. The van der Waals surface area contributed by atoms with Gasteiger partial charge in [0.05, 0.1) is 5.25 Å². The fourth-order valence-electron chi connectivity index (χ4n) is 3.88. The molecule has 5 nitrogen and oxygen atoms in total. The molecule has 0 spiro atoms. The summed E-state index contributed by atoms with van der Waals surface area (Å²) in [5.74, 6) is 0.745. The highest BCUT2D eigenvalue weighted by molar-refractivity contribution is 7.91. The summed E-state index contributed by atoms with van der Waals surface area (Å²) in [6.45, 7) is 2.10. The van der Waals surface area contributed by atoms with E-state index in [4.69, 9.17) is 0 Å². The first-order valence-electron chi connectivity index (χ1n) is 8.55. The minimum atomic E-state index is -3.09. The van der Waals surface area contributed by atoms with Gasteiger partial charge in [0.15, 0.2) is 9.84 Å². The lowest BCUT2D eigenvalue weighted by Gasteiger charge is -2.37. The van der Waals surface area contributed by atoms with E-state index in [1.165, 1.54) is 6.26 Å². The Morgan fingerprint density at radius 2 is 1.77 bits per heavy atom. The molecule has 1 amide bonds. The Morgan fingerprint density at radius 3 is 2.41 bits per heavy atom. The number of piperidine rings is 1. The third-order valence-corrected chi connectivity index (χ3v) is 6.98. The van der Waals surface area contributed by atoms with Crippen LogP contribution in [0.1, 0.15) is 51.4 Å². The predicted molar refractivity (Wildman–Crippen MR) is 88.5 cm³/mol. The Kier molecular flexibility index (Phi) is 6.26. The number of hydrogen-bond donors (Lipinski definition) is 1. The standard InChI is InChI=1S/C16H30N2O3S/c1-18(14-5-3-4-6-15(14)22(2,20)21)16(19)8-7-13-9-11-17-12-10-13/h13-15,17H,3-12H2,1-2H3. The zero-order chi connectivity index (χ0) is 16.2. The summed E-state index contributed by atoms with van der Waals surface area (Å²) in [5.41, 5.74) is 0. The van der Waals surface area contributed by atoms with Gasteiger partial charge in [0.2, 0.25) is 5.91 Å². The molecule has 0 bridgehead atoms. The largest absolute Gasteiger partial charge is 0.341 e. The zero-order valence-corrected chi connectivity index (χ0v) is 14.7. The Balaban J connectivity index is 1.90. The summed E-state index contributed by atoms with van der Waals surface area (Å²) in [4.78, 5) is 14.2. The minimum Gasteiger partial charge on any atom is -0.341 e. The summed E-state index contributed by atoms with van der Waals surface area (Å²) < 4.78 is 24.0. The van der Waals surface area contributed by atoms with Crippen LogP contribution in [0.2, 0.25) is 0 Å². The summed E-state index contributed by atoms with van der Waals surface area (Å²) in [5, 5.41) is 2.96. The van der Waals surface area contributed by atoms with Gasteiger partial charge in [-0.15, -0.1) is 0 Å². The molecule has 0 aromatic rings. The molecule has 2 rings (SSSR count). The second-order valence-corrected chi connectivity index (χ2v) is 9.22. The average Bonchev–Trinajstić information content (AvgIpc) is 2.52. The van der Waals surface area contributed by atoms with Crippen LogP contribution in [-0.2, 0) is 14.6 Å². The zero-order valence-electron chi connectivity index (χ0n) is 13.9. The maximum absolute atomic E-state index is 12.5. The normalized spacial score (nSPS) is 27.5. The lowest BCUT2D eigenvalue weighted by atomic mass is 9.91. The number of rotatable bonds is 5. The van der Waals surface area contributed by atoms with Crippen LogP contribution in [0.5, 0.6) is 0 Å². The first kappa shape index (κ1) is 17.7. The van der Waals surface area contributed by atoms with Gasteiger partial charge in [-0.3, -0.25) is 4.79 Å². The van der Waals surface area contributed by atoms with Crippen LogP contribution in [0.4, 0.5) is 0 Å². The van der Waals surface area contributed by atoms with Crippen LogP contribution in [-0.4, -0.2) is 56.9 Å². The molecule has 2 fully saturated rings. The summed E-state index contributed by atoms with van der Waals surface area (Å²) in [6, 6.07) is -0.135. The molecule has 0 aromatic heterocycles. The van der Waals surface area contributed by atoms with E-state index in [2.05, 4.69) is 5.32 Å². The fourth-order valence-corrected chi connectivity index (χ4v) is 5.36. The molecule has 1 aliphatic carbocycles. The van der Waals surface area contributed by atoms with E-state index >= 15 is 0 Å². The van der Waals surface area contributed by atoms with Crippen molar-refractivity contribution in [2.75, 3.05) is 26.4 Å². The van der Waals surface area contributed by atoms with Gasteiger partial charge in [0, 0.05) is 25.8 Å². The van der Waals surface area contributed by atoms with Gasteiger partial charge >= 0.3 is 0 Å². The van der Waals surface area contributed by atoms with Gasteiger partial charge in [-0.25, -0.2) is 8.42 Å². The van der Waals surface area contributed by atoms with Gasteiger partial charge in [-0.05, 0) is 51.1 Å². The molecule has 6 heteroatoms. The fraction of sp³-hybridized carbons (Fsp3) is 0.938. The highest BCUT2D eigenvalue weighted by atomic mass is 32.2. The van der Waals surface area contributed by atoms with Gasteiger partial charge in [-0.2, -0.15) is 0 Å². The molecule has 22 heavy (non-hydrogen) atoms. The van der Waals surface area contributed by atoms with Crippen molar-refractivity contribution >= 4 is 15.7 Å². The summed E-state index contributed by atoms with van der Waals surface area (Å²) >= 11 is 0. The Hall–Kier alpha value is -0.620. The second-order valence-electron chi connectivity index (χ2n) is 6.96. The first-order valence-corrected chi connectivity index (χ1v) is 10.5. The minimum absolute atomic E-state index is 0.110. The lowest BCUT2D eigenvalue weighted by molar-refractivity contribution is -0.132. The van der Waals surface area contributed by atoms with Crippen molar-refractivity contribution < 1.29 is 13.2 Å². The van der Waals surface area contributed by atoms with Crippen LogP contribution in [0.15, 0.2) is 0 Å². The molecule has 1 saturated carbocycles. The molecular weight excluding hydrogens is 300 g/mol. The van der Waals surface area contributed by atoms with Crippen molar-refractivity contribution in [3.05, 3.63) is 0 Å². The van der Waals surface area contributed by atoms with Crippen molar-refractivity contribution in [1.29, 1.82) is 0 Å². The third-order valence-electron chi connectivity index (χ3n) is 5.33. The topological polar surface area (TPSA) is 66.5 Å². The second kappa shape index (κ2) is 7.77. The van der Waals surface area contributed by atoms with Crippen LogP contribution < -0.4 is 5.32 Å². The molecule has 128 valence electrons. The smallest absolute Gasteiger partial charge is 0.222 e. The number of sulfone groups is 1. The molecule has 1 aliphatic heterocycles. The monoisotopic (exact) mass is 330 g/mol. The average molecular weight is 330 g/mol. The molecule has 1 heterocycles. The Labute approximate surface area is 134 Å².